The van der Waals surface area contributed by atoms with Crippen LogP contribution >= 0.6 is 0 Å². The Balaban J connectivity index is 1.64. The first kappa shape index (κ1) is 20.9. The summed E-state index contributed by atoms with van der Waals surface area (Å²) < 4.78 is 25.4. The number of hydrogen-bond acceptors (Lipinski definition) is 4. The first-order valence-corrected chi connectivity index (χ1v) is 11.0. The number of nitrogens with zero attached hydrogens (tertiary/aromatic N) is 2. The molecule has 0 saturated carbocycles. The van der Waals surface area contributed by atoms with E-state index in [0.29, 0.717) is 24.2 Å². The predicted molar refractivity (Wildman–Crippen MR) is 114 cm³/mol. The predicted octanol–water partition coefficient (Wildman–Crippen LogP) is 2.55. The minimum Gasteiger partial charge on any atom is -0.332 e. The number of amides is 2. The summed E-state index contributed by atoms with van der Waals surface area (Å²) in [6, 6.07) is 12.1. The minimum atomic E-state index is -3.26. The highest BCUT2D eigenvalue weighted by atomic mass is 32.2. The maximum atomic E-state index is 12.6. The van der Waals surface area contributed by atoms with Gasteiger partial charge in [-0.3, -0.25) is 13.9 Å². The summed E-state index contributed by atoms with van der Waals surface area (Å²) in [6.07, 6.45) is 0.598. The van der Waals surface area contributed by atoms with Gasteiger partial charge in [0.2, 0.25) is 15.9 Å². The average molecular weight is 416 g/mol. The Hall–Kier alpha value is -2.87. The van der Waals surface area contributed by atoms with Crippen LogP contribution in [-0.4, -0.2) is 51.0 Å². The second-order valence-electron chi connectivity index (χ2n) is 7.25. The first-order chi connectivity index (χ1) is 13.7. The summed E-state index contributed by atoms with van der Waals surface area (Å²) in [5, 5.41) is 2.84. The van der Waals surface area contributed by atoms with Crippen LogP contribution in [0.2, 0.25) is 0 Å². The van der Waals surface area contributed by atoms with E-state index in [-0.39, 0.29) is 24.1 Å². The number of hydrogen-bond donors (Lipinski definition) is 1. The number of carbonyl (C=O) groups is 2. The molecule has 7 nitrogen and oxygen atoms in total. The van der Waals surface area contributed by atoms with Crippen molar-refractivity contribution in [1.29, 1.82) is 0 Å². The van der Waals surface area contributed by atoms with Crippen molar-refractivity contribution in [3.05, 3.63) is 59.2 Å². The number of aryl methyl sites for hydroxylation is 1. The van der Waals surface area contributed by atoms with Gasteiger partial charge in [0.15, 0.2) is 0 Å². The van der Waals surface area contributed by atoms with Crippen molar-refractivity contribution in [3.63, 3.8) is 0 Å². The molecular weight excluding hydrogens is 390 g/mol. The van der Waals surface area contributed by atoms with E-state index >= 15 is 0 Å². The molecule has 0 spiro atoms. The van der Waals surface area contributed by atoms with Crippen LogP contribution in [0.1, 0.15) is 27.9 Å². The van der Waals surface area contributed by atoms with Crippen molar-refractivity contribution in [1.82, 2.24) is 4.90 Å². The van der Waals surface area contributed by atoms with Gasteiger partial charge in [-0.25, -0.2) is 8.42 Å². The van der Waals surface area contributed by atoms with Crippen LogP contribution in [0.25, 0.3) is 0 Å². The first-order valence-electron chi connectivity index (χ1n) is 9.41. The van der Waals surface area contributed by atoms with Crippen molar-refractivity contribution in [2.24, 2.45) is 0 Å². The highest BCUT2D eigenvalue weighted by Gasteiger charge is 2.28. The molecule has 2 amide bonds. The molecule has 0 aliphatic carbocycles. The van der Waals surface area contributed by atoms with Crippen molar-refractivity contribution in [2.75, 3.05) is 35.5 Å². The molecule has 0 bridgehead atoms. The number of rotatable bonds is 5. The van der Waals surface area contributed by atoms with Crippen molar-refractivity contribution < 1.29 is 18.0 Å². The molecule has 1 heterocycles. The third kappa shape index (κ3) is 4.59. The van der Waals surface area contributed by atoms with Crippen LogP contribution in [0.5, 0.6) is 0 Å². The van der Waals surface area contributed by atoms with E-state index in [4.69, 9.17) is 0 Å². The molecule has 2 aromatic carbocycles. The summed E-state index contributed by atoms with van der Waals surface area (Å²) in [7, 11) is -1.70. The van der Waals surface area contributed by atoms with Crippen LogP contribution in [0.15, 0.2) is 42.5 Å². The molecule has 0 unspecified atom stereocenters. The molecule has 29 heavy (non-hydrogen) atoms. The highest BCUT2D eigenvalue weighted by Crippen LogP contribution is 2.24. The minimum absolute atomic E-state index is 0.0888. The summed E-state index contributed by atoms with van der Waals surface area (Å²) in [5.74, 6) is -0.447. The number of benzene rings is 2. The SMILES string of the molecule is Cc1cccc(NC(=O)CN(C)C(=O)c2ccc(N3CCCS3(=O)=O)cc2)c1C. The van der Waals surface area contributed by atoms with Gasteiger partial charge in [-0.1, -0.05) is 12.1 Å². The van der Waals surface area contributed by atoms with E-state index in [2.05, 4.69) is 5.32 Å². The fourth-order valence-electron chi connectivity index (χ4n) is 3.28. The largest absolute Gasteiger partial charge is 0.332 e. The molecule has 0 radical (unpaired) electrons. The van der Waals surface area contributed by atoms with Gasteiger partial charge in [0.1, 0.15) is 0 Å². The molecule has 1 fully saturated rings. The standard InChI is InChI=1S/C21H25N3O4S/c1-15-6-4-7-19(16(15)2)22-20(25)14-23(3)21(26)17-8-10-18(11-9-17)24-12-5-13-29(24,27)28/h4,6-11H,5,12-14H2,1-3H3,(H,22,25). The molecule has 3 rings (SSSR count). The van der Waals surface area contributed by atoms with Gasteiger partial charge in [-0.05, 0) is 61.7 Å². The number of nitrogens with one attached hydrogen (secondary N) is 1. The molecule has 8 heteroatoms. The number of likely N-dealkylation sites (N-methyl/N-ethyl adjacent to an activating group) is 1. The van der Waals surface area contributed by atoms with Gasteiger partial charge in [0.05, 0.1) is 18.0 Å². The van der Waals surface area contributed by atoms with Crippen LogP contribution in [0.4, 0.5) is 11.4 Å². The Morgan fingerprint density at radius 3 is 2.41 bits per heavy atom. The summed E-state index contributed by atoms with van der Waals surface area (Å²) in [4.78, 5) is 26.3. The zero-order valence-corrected chi connectivity index (χ0v) is 17.6. The molecule has 1 aliphatic heterocycles. The quantitative estimate of drug-likeness (QED) is 0.813. The Bertz CT molecular complexity index is 1030. The summed E-state index contributed by atoms with van der Waals surface area (Å²) in [6.45, 7) is 4.27. The molecular formula is C21H25N3O4S. The normalized spacial score (nSPS) is 15.2. The topological polar surface area (TPSA) is 86.8 Å². The van der Waals surface area contributed by atoms with Gasteiger partial charge in [0.25, 0.3) is 5.91 Å². The fraction of sp³-hybridized carbons (Fsp3) is 0.333. The summed E-state index contributed by atoms with van der Waals surface area (Å²) in [5.41, 5.74) is 3.74. The Morgan fingerprint density at radius 1 is 1.10 bits per heavy atom. The van der Waals surface area contributed by atoms with E-state index in [1.807, 2.05) is 32.0 Å². The maximum Gasteiger partial charge on any atom is 0.254 e. The molecule has 1 aliphatic rings. The van der Waals surface area contributed by atoms with Gasteiger partial charge >= 0.3 is 0 Å². The van der Waals surface area contributed by atoms with Crippen molar-refractivity contribution >= 4 is 33.2 Å². The van der Waals surface area contributed by atoms with E-state index in [1.165, 1.54) is 9.21 Å². The summed E-state index contributed by atoms with van der Waals surface area (Å²) >= 11 is 0. The van der Waals surface area contributed by atoms with Crippen LogP contribution in [0.3, 0.4) is 0 Å². The molecule has 154 valence electrons. The van der Waals surface area contributed by atoms with E-state index in [0.717, 1.165) is 16.8 Å². The fourth-order valence-corrected chi connectivity index (χ4v) is 4.85. The third-order valence-electron chi connectivity index (χ3n) is 5.11. The third-order valence-corrected chi connectivity index (χ3v) is 6.98. The lowest BCUT2D eigenvalue weighted by Gasteiger charge is -2.19. The number of carbonyl (C=O) groups excluding carboxylic acids is 2. The Labute approximate surface area is 171 Å². The molecule has 2 aromatic rings. The maximum absolute atomic E-state index is 12.6. The Kier molecular flexibility index (Phi) is 5.93. The monoisotopic (exact) mass is 415 g/mol. The second-order valence-corrected chi connectivity index (χ2v) is 9.26. The van der Waals surface area contributed by atoms with Crippen LogP contribution in [-0.2, 0) is 14.8 Å². The van der Waals surface area contributed by atoms with Crippen molar-refractivity contribution in [3.8, 4) is 0 Å². The smallest absolute Gasteiger partial charge is 0.254 e. The molecule has 1 N–H and O–H groups in total. The van der Waals surface area contributed by atoms with E-state index in [9.17, 15) is 18.0 Å². The average Bonchev–Trinajstić information content (AvgIpc) is 3.04. The van der Waals surface area contributed by atoms with Crippen molar-refractivity contribution in [2.45, 2.75) is 20.3 Å². The number of anilines is 2. The van der Waals surface area contributed by atoms with E-state index in [1.54, 1.807) is 31.3 Å². The zero-order valence-electron chi connectivity index (χ0n) is 16.8. The number of sulfonamides is 1. The lowest BCUT2D eigenvalue weighted by atomic mass is 10.1. The highest BCUT2D eigenvalue weighted by molar-refractivity contribution is 7.93. The van der Waals surface area contributed by atoms with Gasteiger partial charge in [-0.2, -0.15) is 0 Å². The second kappa shape index (κ2) is 8.24. The van der Waals surface area contributed by atoms with Crippen LogP contribution in [0, 0.1) is 13.8 Å². The zero-order chi connectivity index (χ0) is 21.2. The van der Waals surface area contributed by atoms with Gasteiger partial charge in [-0.15, -0.1) is 0 Å². The van der Waals surface area contributed by atoms with Crippen LogP contribution < -0.4 is 9.62 Å². The Morgan fingerprint density at radius 2 is 1.79 bits per heavy atom. The van der Waals surface area contributed by atoms with E-state index < -0.39 is 10.0 Å². The lowest BCUT2D eigenvalue weighted by Crippen LogP contribution is -2.35. The lowest BCUT2D eigenvalue weighted by molar-refractivity contribution is -0.116. The molecule has 1 saturated heterocycles. The van der Waals surface area contributed by atoms with Gasteiger partial charge < -0.3 is 10.2 Å². The molecule has 0 aromatic heterocycles. The van der Waals surface area contributed by atoms with Gasteiger partial charge in [0, 0.05) is 24.8 Å². The molecule has 0 atom stereocenters.